The first-order valence-electron chi connectivity index (χ1n) is 9.66. The number of hydrogen-bond donors (Lipinski definition) is 4. The lowest BCUT2D eigenvalue weighted by Gasteiger charge is -2.15. The minimum Gasteiger partial charge on any atom is -0.454 e. The fraction of sp³-hybridized carbons (Fsp3) is 0.250. The van der Waals surface area contributed by atoms with E-state index in [2.05, 4.69) is 35.5 Å². The molecule has 0 spiro atoms. The Morgan fingerprint density at radius 1 is 1.07 bits per heavy atom. The zero-order valence-corrected chi connectivity index (χ0v) is 17.0. The van der Waals surface area contributed by atoms with Crippen molar-refractivity contribution in [3.8, 4) is 11.3 Å². The highest BCUT2D eigenvalue weighted by Gasteiger charge is 2.16. The Hall–Kier alpha value is -3.24. The van der Waals surface area contributed by atoms with Gasteiger partial charge >= 0.3 is 0 Å². The third kappa shape index (κ3) is 5.43. The van der Waals surface area contributed by atoms with Crippen LogP contribution in [0.5, 0.6) is 0 Å². The summed E-state index contributed by atoms with van der Waals surface area (Å²) >= 11 is 0. The lowest BCUT2D eigenvalue weighted by atomic mass is 10.2. The van der Waals surface area contributed by atoms with E-state index in [1.54, 1.807) is 36.7 Å². The Morgan fingerprint density at radius 3 is 2.57 bits per heavy atom. The van der Waals surface area contributed by atoms with Crippen molar-refractivity contribution in [3.05, 3.63) is 54.9 Å². The SMILES string of the molecule is O=[S-](O)=Nc1ccc(NNc2cc(-c3cccnc3)nc(NC3CCCC3)n2)cc1. The van der Waals surface area contributed by atoms with E-state index >= 15 is 0 Å². The summed E-state index contributed by atoms with van der Waals surface area (Å²) in [5, 5.41) is 3.44. The maximum Gasteiger partial charge on any atom is 0.225 e. The summed E-state index contributed by atoms with van der Waals surface area (Å²) in [6.07, 6.45) is 8.18. The van der Waals surface area contributed by atoms with Gasteiger partial charge in [-0.1, -0.05) is 23.7 Å². The van der Waals surface area contributed by atoms with Gasteiger partial charge in [0.1, 0.15) is 0 Å². The van der Waals surface area contributed by atoms with Crippen LogP contribution < -0.4 is 16.2 Å². The number of hydrazine groups is 1. The van der Waals surface area contributed by atoms with Gasteiger partial charge in [0, 0.05) is 35.8 Å². The first kappa shape index (κ1) is 20.0. The second-order valence-corrected chi connectivity index (χ2v) is 7.59. The summed E-state index contributed by atoms with van der Waals surface area (Å²) in [6.45, 7) is 0. The van der Waals surface area contributed by atoms with E-state index in [1.807, 2.05) is 18.2 Å². The van der Waals surface area contributed by atoms with E-state index in [1.165, 1.54) is 12.8 Å². The minimum atomic E-state index is -2.22. The molecule has 1 aromatic carbocycles. The van der Waals surface area contributed by atoms with E-state index < -0.39 is 10.9 Å². The molecule has 0 bridgehead atoms. The van der Waals surface area contributed by atoms with Crippen LogP contribution in [0, 0.1) is 0 Å². The average Bonchev–Trinajstić information content (AvgIpc) is 3.26. The summed E-state index contributed by atoms with van der Waals surface area (Å²) in [7, 11) is -2.22. The van der Waals surface area contributed by atoms with Gasteiger partial charge in [0.2, 0.25) is 5.95 Å². The molecule has 0 saturated heterocycles. The largest absolute Gasteiger partial charge is 0.454 e. The lowest BCUT2D eigenvalue weighted by molar-refractivity contribution is 0.529. The van der Waals surface area contributed by atoms with E-state index in [0.29, 0.717) is 23.5 Å². The zero-order valence-electron chi connectivity index (χ0n) is 16.2. The van der Waals surface area contributed by atoms with Crippen molar-refractivity contribution >= 4 is 34.0 Å². The van der Waals surface area contributed by atoms with Crippen LogP contribution in [0.1, 0.15) is 25.7 Å². The predicted octanol–water partition coefficient (Wildman–Crippen LogP) is 4.58. The third-order valence-electron chi connectivity index (χ3n) is 4.76. The zero-order chi connectivity index (χ0) is 20.8. The van der Waals surface area contributed by atoms with Gasteiger partial charge in [-0.15, -0.1) is 0 Å². The van der Waals surface area contributed by atoms with Crippen molar-refractivity contribution in [2.24, 2.45) is 4.36 Å². The summed E-state index contributed by atoms with van der Waals surface area (Å²) in [6, 6.07) is 12.9. The van der Waals surface area contributed by atoms with Crippen LogP contribution in [0.3, 0.4) is 0 Å². The second kappa shape index (κ2) is 9.51. The van der Waals surface area contributed by atoms with E-state index in [9.17, 15) is 4.21 Å². The highest BCUT2D eigenvalue weighted by atomic mass is 32.2. The van der Waals surface area contributed by atoms with E-state index in [4.69, 9.17) is 4.55 Å². The molecule has 4 rings (SSSR count). The number of nitrogens with zero attached hydrogens (tertiary/aromatic N) is 4. The van der Waals surface area contributed by atoms with Crippen LogP contribution in [0.15, 0.2) is 59.2 Å². The number of pyridine rings is 1. The van der Waals surface area contributed by atoms with E-state index in [-0.39, 0.29) is 0 Å². The minimum absolute atomic E-state index is 0.392. The molecule has 4 N–H and O–H groups in total. The van der Waals surface area contributed by atoms with Gasteiger partial charge in [-0.05, 0) is 49.2 Å². The first-order chi connectivity index (χ1) is 14.7. The van der Waals surface area contributed by atoms with Gasteiger partial charge < -0.3 is 18.4 Å². The molecular weight excluding hydrogens is 402 g/mol. The molecule has 2 aromatic heterocycles. The summed E-state index contributed by atoms with van der Waals surface area (Å²) in [4.78, 5) is 13.4. The highest BCUT2D eigenvalue weighted by molar-refractivity contribution is 7.68. The monoisotopic (exact) mass is 424 g/mol. The normalized spacial score (nSPS) is 15.1. The summed E-state index contributed by atoms with van der Waals surface area (Å²) in [5.41, 5.74) is 9.02. The maximum atomic E-state index is 10.8. The van der Waals surface area contributed by atoms with Crippen LogP contribution in [0.4, 0.5) is 23.1 Å². The van der Waals surface area contributed by atoms with Gasteiger partial charge in [0.25, 0.3) is 0 Å². The van der Waals surface area contributed by atoms with Crippen molar-refractivity contribution in [1.29, 1.82) is 0 Å². The molecule has 3 aromatic rings. The number of benzene rings is 1. The fourth-order valence-corrected chi connectivity index (χ4v) is 3.62. The third-order valence-corrected chi connectivity index (χ3v) is 5.12. The molecular formula is C20H22N7O2S-. The van der Waals surface area contributed by atoms with Gasteiger partial charge in [-0.25, -0.2) is 4.98 Å². The molecule has 0 radical (unpaired) electrons. The number of anilines is 3. The van der Waals surface area contributed by atoms with Gasteiger partial charge in [-0.2, -0.15) is 4.98 Å². The standard InChI is InChI=1S/C20H22N7O2S/c28-30(29)27-17-9-7-16(8-10-17)25-26-19-12-18(14-4-3-11-21-13-14)23-20(24-19)22-15-5-1-2-6-15/h3-4,7-13,15,25H,1-2,5-6H2,(H,27,28,29)(H2,22,23,24,26)/q-1. The second-order valence-electron chi connectivity index (χ2n) is 6.95. The average molecular weight is 425 g/mol. The molecule has 30 heavy (non-hydrogen) atoms. The summed E-state index contributed by atoms with van der Waals surface area (Å²) in [5.74, 6) is 1.18. The molecule has 0 atom stereocenters. The highest BCUT2D eigenvalue weighted by Crippen LogP contribution is 2.25. The predicted molar refractivity (Wildman–Crippen MR) is 118 cm³/mol. The molecule has 0 aliphatic heterocycles. The Labute approximate surface area is 176 Å². The maximum absolute atomic E-state index is 10.8. The molecule has 156 valence electrons. The summed E-state index contributed by atoms with van der Waals surface area (Å²) < 4.78 is 23.2. The fourth-order valence-electron chi connectivity index (χ4n) is 3.32. The van der Waals surface area contributed by atoms with E-state index in [0.717, 1.165) is 29.8 Å². The van der Waals surface area contributed by atoms with Crippen molar-refractivity contribution in [2.75, 3.05) is 16.2 Å². The van der Waals surface area contributed by atoms with Gasteiger partial charge in [-0.3, -0.25) is 15.8 Å². The molecule has 0 amide bonds. The first-order valence-corrected chi connectivity index (χ1v) is 10.7. The Balaban J connectivity index is 1.53. The Kier molecular flexibility index (Phi) is 6.35. The topological polar surface area (TPSA) is 124 Å². The number of rotatable bonds is 7. The Morgan fingerprint density at radius 2 is 1.87 bits per heavy atom. The molecule has 0 unspecified atom stereocenters. The number of aromatic nitrogens is 3. The van der Waals surface area contributed by atoms with Crippen LogP contribution in [0.25, 0.3) is 11.3 Å². The number of hydrogen-bond acceptors (Lipinski definition) is 9. The van der Waals surface area contributed by atoms with Crippen LogP contribution >= 0.6 is 0 Å². The molecule has 1 aliphatic rings. The quantitative estimate of drug-likeness (QED) is 0.247. The van der Waals surface area contributed by atoms with Gasteiger partial charge in [0.15, 0.2) is 5.82 Å². The smallest absolute Gasteiger partial charge is 0.225 e. The van der Waals surface area contributed by atoms with Crippen LogP contribution in [-0.2, 0) is 15.1 Å². The van der Waals surface area contributed by atoms with Crippen LogP contribution in [-0.4, -0.2) is 25.5 Å². The lowest BCUT2D eigenvalue weighted by Crippen LogP contribution is -2.18. The molecule has 1 saturated carbocycles. The van der Waals surface area contributed by atoms with Crippen molar-refractivity contribution in [3.63, 3.8) is 0 Å². The van der Waals surface area contributed by atoms with Crippen molar-refractivity contribution < 1.29 is 8.76 Å². The van der Waals surface area contributed by atoms with Gasteiger partial charge in [0.05, 0.1) is 11.4 Å². The van der Waals surface area contributed by atoms with Crippen LogP contribution in [0.2, 0.25) is 0 Å². The Bertz CT molecular complexity index is 1060. The molecule has 10 heteroatoms. The van der Waals surface area contributed by atoms with Crippen molar-refractivity contribution in [1.82, 2.24) is 15.0 Å². The molecule has 1 aliphatic carbocycles. The molecule has 1 fully saturated rings. The molecule has 9 nitrogen and oxygen atoms in total. The number of nitrogens with one attached hydrogen (secondary N) is 3. The van der Waals surface area contributed by atoms with Crippen molar-refractivity contribution in [2.45, 2.75) is 31.7 Å². The molecule has 2 heterocycles.